The van der Waals surface area contributed by atoms with Gasteiger partial charge in [-0.3, -0.25) is 0 Å². The molecule has 0 aromatic heterocycles. The van der Waals surface area contributed by atoms with Crippen molar-refractivity contribution in [3.8, 4) is 0 Å². The zero-order chi connectivity index (χ0) is 9.10. The molecule has 76 valence electrons. The van der Waals surface area contributed by atoms with E-state index < -0.39 is 0 Å². The van der Waals surface area contributed by atoms with Gasteiger partial charge in [-0.05, 0) is 31.2 Å². The normalized spacial score (nSPS) is 36.7. The average Bonchev–Trinajstić information content (AvgIpc) is 2.00. The Balaban J connectivity index is 2.00. The third kappa shape index (κ3) is 2.44. The van der Waals surface area contributed by atoms with Gasteiger partial charge in [-0.25, -0.2) is 0 Å². The topological polar surface area (TPSA) is 12.5 Å². The van der Waals surface area contributed by atoms with Gasteiger partial charge in [0.2, 0.25) is 0 Å². The highest BCUT2D eigenvalue weighted by atomic mass is 16.5. The summed E-state index contributed by atoms with van der Waals surface area (Å²) in [6.07, 6.45) is 4.19. The van der Waals surface area contributed by atoms with Crippen LogP contribution in [-0.2, 0) is 4.74 Å². The predicted molar refractivity (Wildman–Crippen MR) is 53.8 cm³/mol. The molecule has 2 atom stereocenters. The van der Waals surface area contributed by atoms with Crippen LogP contribution in [0.25, 0.3) is 0 Å². The van der Waals surface area contributed by atoms with E-state index in [4.69, 9.17) is 4.74 Å². The maximum Gasteiger partial charge on any atom is 0.0506 e. The standard InChI is InChI=1S/C11H21NO/c1-2-12-6-10-4-3-5-11(7-12)9-13-8-10/h10-11H,2-9H2,1H3. The van der Waals surface area contributed by atoms with E-state index in [1.165, 1.54) is 38.9 Å². The molecule has 0 aromatic rings. The van der Waals surface area contributed by atoms with E-state index in [9.17, 15) is 0 Å². The summed E-state index contributed by atoms with van der Waals surface area (Å²) < 4.78 is 5.71. The lowest BCUT2D eigenvalue weighted by Gasteiger charge is -2.36. The first kappa shape index (κ1) is 9.47. The summed E-state index contributed by atoms with van der Waals surface area (Å²) >= 11 is 0. The molecule has 3 heterocycles. The van der Waals surface area contributed by atoms with Crippen molar-refractivity contribution in [2.24, 2.45) is 11.8 Å². The van der Waals surface area contributed by atoms with E-state index in [0.29, 0.717) is 0 Å². The molecule has 3 saturated heterocycles. The molecule has 0 aromatic carbocycles. The first-order chi connectivity index (χ1) is 6.38. The molecule has 3 aliphatic rings. The minimum Gasteiger partial charge on any atom is -0.381 e. The van der Waals surface area contributed by atoms with Crippen LogP contribution in [0.3, 0.4) is 0 Å². The molecule has 2 nitrogen and oxygen atoms in total. The number of hydrogen-bond acceptors (Lipinski definition) is 2. The molecule has 3 rings (SSSR count). The Labute approximate surface area is 81.3 Å². The zero-order valence-corrected chi connectivity index (χ0v) is 8.67. The minimum absolute atomic E-state index is 0.807. The molecule has 0 N–H and O–H groups in total. The summed E-state index contributed by atoms with van der Waals surface area (Å²) in [4.78, 5) is 2.61. The Bertz CT molecular complexity index is 136. The van der Waals surface area contributed by atoms with Crippen LogP contribution in [0, 0.1) is 11.8 Å². The Morgan fingerprint density at radius 3 is 2.31 bits per heavy atom. The zero-order valence-electron chi connectivity index (χ0n) is 8.67. The molecule has 2 bridgehead atoms. The van der Waals surface area contributed by atoms with Crippen molar-refractivity contribution >= 4 is 0 Å². The molecule has 0 saturated carbocycles. The van der Waals surface area contributed by atoms with E-state index >= 15 is 0 Å². The summed E-state index contributed by atoms with van der Waals surface area (Å²) in [6, 6.07) is 0. The Morgan fingerprint density at radius 2 is 1.77 bits per heavy atom. The number of fused-ring (bicyclic) bond motifs is 6. The molecule has 0 radical (unpaired) electrons. The van der Waals surface area contributed by atoms with Crippen molar-refractivity contribution in [2.75, 3.05) is 32.8 Å². The fourth-order valence-corrected chi connectivity index (χ4v) is 2.61. The lowest BCUT2D eigenvalue weighted by molar-refractivity contribution is 0.00100. The first-order valence-electron chi connectivity index (χ1n) is 5.68. The Kier molecular flexibility index (Phi) is 3.23. The average molecular weight is 183 g/mol. The Hall–Kier alpha value is -0.0800. The van der Waals surface area contributed by atoms with Crippen LogP contribution in [0.5, 0.6) is 0 Å². The lowest BCUT2D eigenvalue weighted by atomic mass is 9.92. The SMILES string of the molecule is CCN1CC2CCCC(COC2)C1. The molecule has 13 heavy (non-hydrogen) atoms. The van der Waals surface area contributed by atoms with Crippen molar-refractivity contribution in [2.45, 2.75) is 26.2 Å². The largest absolute Gasteiger partial charge is 0.381 e. The molecule has 3 fully saturated rings. The second kappa shape index (κ2) is 4.43. The monoisotopic (exact) mass is 183 g/mol. The highest BCUT2D eigenvalue weighted by Gasteiger charge is 2.24. The number of nitrogens with zero attached hydrogens (tertiary/aromatic N) is 1. The maximum absolute atomic E-state index is 5.71. The fraction of sp³-hybridized carbons (Fsp3) is 1.00. The smallest absolute Gasteiger partial charge is 0.0506 e. The van der Waals surface area contributed by atoms with Gasteiger partial charge in [0.25, 0.3) is 0 Å². The molecule has 0 aliphatic carbocycles. The second-order valence-corrected chi connectivity index (χ2v) is 4.55. The first-order valence-corrected chi connectivity index (χ1v) is 5.68. The second-order valence-electron chi connectivity index (χ2n) is 4.55. The van der Waals surface area contributed by atoms with E-state index in [1.54, 1.807) is 0 Å². The molecule has 2 heteroatoms. The van der Waals surface area contributed by atoms with Crippen molar-refractivity contribution < 1.29 is 4.74 Å². The summed E-state index contributed by atoms with van der Waals surface area (Å²) in [5, 5.41) is 0. The van der Waals surface area contributed by atoms with Crippen LogP contribution >= 0.6 is 0 Å². The van der Waals surface area contributed by atoms with E-state index in [0.717, 1.165) is 25.0 Å². The van der Waals surface area contributed by atoms with Crippen LogP contribution in [0.4, 0.5) is 0 Å². The van der Waals surface area contributed by atoms with Gasteiger partial charge < -0.3 is 9.64 Å². The van der Waals surface area contributed by atoms with Gasteiger partial charge in [-0.2, -0.15) is 0 Å². The molecule has 2 unspecified atom stereocenters. The van der Waals surface area contributed by atoms with E-state index in [2.05, 4.69) is 11.8 Å². The number of rotatable bonds is 1. The molecular formula is C11H21NO. The van der Waals surface area contributed by atoms with Gasteiger partial charge in [0.1, 0.15) is 0 Å². The summed E-state index contributed by atoms with van der Waals surface area (Å²) in [5.41, 5.74) is 0. The van der Waals surface area contributed by atoms with Crippen LogP contribution < -0.4 is 0 Å². The molecule has 3 aliphatic heterocycles. The third-order valence-corrected chi connectivity index (χ3v) is 3.41. The number of hydrogen-bond donors (Lipinski definition) is 0. The maximum atomic E-state index is 5.71. The van der Waals surface area contributed by atoms with Gasteiger partial charge in [0, 0.05) is 13.1 Å². The lowest BCUT2D eigenvalue weighted by Crippen LogP contribution is -2.41. The van der Waals surface area contributed by atoms with Gasteiger partial charge in [0.05, 0.1) is 13.2 Å². The van der Waals surface area contributed by atoms with Crippen LogP contribution in [0.15, 0.2) is 0 Å². The summed E-state index contributed by atoms with van der Waals surface area (Å²) in [7, 11) is 0. The van der Waals surface area contributed by atoms with Crippen molar-refractivity contribution in [3.05, 3.63) is 0 Å². The van der Waals surface area contributed by atoms with Crippen LogP contribution in [0.2, 0.25) is 0 Å². The molecular weight excluding hydrogens is 162 g/mol. The fourth-order valence-electron chi connectivity index (χ4n) is 2.61. The number of ether oxygens (including phenoxy) is 1. The van der Waals surface area contributed by atoms with Gasteiger partial charge in [0.15, 0.2) is 0 Å². The van der Waals surface area contributed by atoms with Crippen molar-refractivity contribution in [1.82, 2.24) is 4.90 Å². The Morgan fingerprint density at radius 1 is 1.15 bits per heavy atom. The molecule has 0 amide bonds. The van der Waals surface area contributed by atoms with Crippen LogP contribution in [0.1, 0.15) is 26.2 Å². The summed E-state index contributed by atoms with van der Waals surface area (Å²) in [6.45, 7) is 8.05. The van der Waals surface area contributed by atoms with Crippen molar-refractivity contribution in [3.63, 3.8) is 0 Å². The van der Waals surface area contributed by atoms with Crippen LogP contribution in [-0.4, -0.2) is 37.7 Å². The minimum atomic E-state index is 0.807. The quantitative estimate of drug-likeness (QED) is 0.614. The highest BCUT2D eigenvalue weighted by molar-refractivity contribution is 4.76. The van der Waals surface area contributed by atoms with E-state index in [-0.39, 0.29) is 0 Å². The van der Waals surface area contributed by atoms with Gasteiger partial charge in [-0.1, -0.05) is 13.3 Å². The van der Waals surface area contributed by atoms with E-state index in [1.807, 2.05) is 0 Å². The van der Waals surface area contributed by atoms with Gasteiger partial charge in [-0.15, -0.1) is 0 Å². The highest BCUT2D eigenvalue weighted by Crippen LogP contribution is 2.23. The third-order valence-electron chi connectivity index (χ3n) is 3.41. The summed E-state index contributed by atoms with van der Waals surface area (Å²) in [5.74, 6) is 1.61. The van der Waals surface area contributed by atoms with Gasteiger partial charge >= 0.3 is 0 Å². The predicted octanol–water partition coefficient (Wildman–Crippen LogP) is 1.75. The van der Waals surface area contributed by atoms with Crippen molar-refractivity contribution in [1.29, 1.82) is 0 Å². The molecule has 0 spiro atoms.